The summed E-state index contributed by atoms with van der Waals surface area (Å²) < 4.78 is 127. The Labute approximate surface area is 152 Å². The molecule has 0 saturated carbocycles. The van der Waals surface area contributed by atoms with Crippen molar-refractivity contribution in [1.82, 2.24) is 0 Å². The lowest BCUT2D eigenvalue weighted by Crippen LogP contribution is -2.25. The van der Waals surface area contributed by atoms with Gasteiger partial charge in [-0.3, -0.25) is 0 Å². The summed E-state index contributed by atoms with van der Waals surface area (Å²) in [5, 5.41) is 0. The van der Waals surface area contributed by atoms with Crippen LogP contribution in [0.15, 0.2) is 24.3 Å². The highest BCUT2D eigenvalue weighted by Crippen LogP contribution is 2.38. The molecule has 0 bridgehead atoms. The van der Waals surface area contributed by atoms with Crippen molar-refractivity contribution >= 4 is 0 Å². The second-order valence-electron chi connectivity index (χ2n) is 5.57. The maximum atomic E-state index is 14.2. The minimum absolute atomic E-state index is 0.0423. The van der Waals surface area contributed by atoms with Crippen LogP contribution < -0.4 is 9.47 Å². The van der Waals surface area contributed by atoms with Gasteiger partial charge in [0.1, 0.15) is 22.9 Å². The molecule has 0 aromatic heterocycles. The molecule has 0 saturated heterocycles. The van der Waals surface area contributed by atoms with Gasteiger partial charge in [-0.05, 0) is 24.1 Å². The van der Waals surface area contributed by atoms with Gasteiger partial charge in [0.15, 0.2) is 11.6 Å². The molecule has 0 N–H and O–H groups in total. The first-order valence-electron chi connectivity index (χ1n) is 7.64. The van der Waals surface area contributed by atoms with Crippen LogP contribution in [0.4, 0.5) is 39.5 Å². The van der Waals surface area contributed by atoms with E-state index >= 15 is 0 Å². The van der Waals surface area contributed by atoms with Gasteiger partial charge in [-0.15, -0.1) is 13.2 Å². The zero-order valence-electron chi connectivity index (χ0n) is 13.9. The van der Waals surface area contributed by atoms with Crippen molar-refractivity contribution in [2.45, 2.75) is 32.2 Å². The van der Waals surface area contributed by atoms with Crippen molar-refractivity contribution in [3.63, 3.8) is 0 Å². The molecule has 11 heteroatoms. The van der Waals surface area contributed by atoms with Crippen molar-refractivity contribution in [3.05, 3.63) is 58.7 Å². The highest BCUT2D eigenvalue weighted by molar-refractivity contribution is 5.36. The molecule has 0 unspecified atom stereocenters. The summed E-state index contributed by atoms with van der Waals surface area (Å²) in [6.45, 7) is 1.69. The number of halogens is 9. The van der Waals surface area contributed by atoms with E-state index in [1.165, 1.54) is 0 Å². The summed E-state index contributed by atoms with van der Waals surface area (Å²) in [6.07, 6.45) is -9.47. The van der Waals surface area contributed by atoms with E-state index < -0.39 is 52.8 Å². The number of hydrogen-bond donors (Lipinski definition) is 0. The number of aryl methyl sites for hydroxylation is 1. The molecule has 0 amide bonds. The zero-order valence-corrected chi connectivity index (χ0v) is 13.9. The first-order valence-corrected chi connectivity index (χ1v) is 7.64. The van der Waals surface area contributed by atoms with E-state index in [9.17, 15) is 39.5 Å². The third kappa shape index (κ3) is 5.02. The van der Waals surface area contributed by atoms with Crippen LogP contribution in [0, 0.1) is 23.3 Å². The molecule has 0 aliphatic heterocycles. The van der Waals surface area contributed by atoms with E-state index in [0.717, 1.165) is 0 Å². The Balaban J connectivity index is 2.37. The SMILES string of the molecule is CCCc1cc(F)c(C(F)(F)Oc2cc(F)c(OC(F)(F)F)c(F)c2)c(F)c1. The van der Waals surface area contributed by atoms with Gasteiger partial charge in [-0.25, -0.2) is 17.6 Å². The van der Waals surface area contributed by atoms with Gasteiger partial charge in [0.05, 0.1) is 0 Å². The quantitative estimate of drug-likeness (QED) is 0.519. The van der Waals surface area contributed by atoms with Gasteiger partial charge in [0.2, 0.25) is 5.75 Å². The van der Waals surface area contributed by atoms with Gasteiger partial charge in [-0.2, -0.15) is 8.78 Å². The number of ether oxygens (including phenoxy) is 2. The molecule has 0 fully saturated rings. The standard InChI is InChI=1S/C17H11F9O2/c1-2-3-8-4-10(18)14(11(19)5-8)16(22,23)27-9-6-12(20)15(13(21)7-9)28-17(24,25)26/h4-7H,2-3H2,1H3. The molecule has 0 heterocycles. The molecule has 2 rings (SSSR count). The Morgan fingerprint density at radius 2 is 1.25 bits per heavy atom. The van der Waals surface area contributed by atoms with Crippen LogP contribution >= 0.6 is 0 Å². The van der Waals surface area contributed by atoms with Gasteiger partial charge in [0.25, 0.3) is 0 Å². The maximum Gasteiger partial charge on any atom is 0.573 e. The smallest absolute Gasteiger partial charge is 0.429 e. The van der Waals surface area contributed by atoms with E-state index in [2.05, 4.69) is 9.47 Å². The van der Waals surface area contributed by atoms with Crippen LogP contribution in [0.2, 0.25) is 0 Å². The van der Waals surface area contributed by atoms with Crippen molar-refractivity contribution in [1.29, 1.82) is 0 Å². The van der Waals surface area contributed by atoms with E-state index in [1.807, 2.05) is 0 Å². The van der Waals surface area contributed by atoms with Crippen LogP contribution in [-0.4, -0.2) is 6.36 Å². The van der Waals surface area contributed by atoms with Crippen molar-refractivity contribution in [2.24, 2.45) is 0 Å². The molecular formula is C17H11F9O2. The minimum atomic E-state index is -5.44. The van der Waals surface area contributed by atoms with Crippen LogP contribution in [0.3, 0.4) is 0 Å². The van der Waals surface area contributed by atoms with Crippen LogP contribution in [0.1, 0.15) is 24.5 Å². The average Bonchev–Trinajstić information content (AvgIpc) is 2.49. The lowest BCUT2D eigenvalue weighted by atomic mass is 10.1. The Hall–Kier alpha value is -2.59. The first-order chi connectivity index (χ1) is 12.8. The van der Waals surface area contributed by atoms with Crippen LogP contribution in [0.25, 0.3) is 0 Å². The monoisotopic (exact) mass is 418 g/mol. The number of alkyl halides is 5. The normalized spacial score (nSPS) is 12.2. The molecular weight excluding hydrogens is 407 g/mol. The molecule has 0 aliphatic carbocycles. The highest BCUT2D eigenvalue weighted by atomic mass is 19.4. The second kappa shape index (κ2) is 7.80. The molecule has 0 atom stereocenters. The predicted molar refractivity (Wildman–Crippen MR) is 77.9 cm³/mol. The Kier molecular flexibility index (Phi) is 6.05. The predicted octanol–water partition coefficient (Wildman–Crippen LogP) is 6.22. The molecule has 2 aromatic carbocycles. The van der Waals surface area contributed by atoms with Gasteiger partial charge < -0.3 is 9.47 Å². The van der Waals surface area contributed by atoms with Crippen LogP contribution in [0.5, 0.6) is 11.5 Å². The van der Waals surface area contributed by atoms with Gasteiger partial charge in [0, 0.05) is 12.1 Å². The molecule has 2 nitrogen and oxygen atoms in total. The fraction of sp³-hybridized carbons (Fsp3) is 0.294. The largest absolute Gasteiger partial charge is 0.573 e. The van der Waals surface area contributed by atoms with Gasteiger partial charge >= 0.3 is 12.5 Å². The Morgan fingerprint density at radius 3 is 1.68 bits per heavy atom. The first kappa shape index (κ1) is 21.7. The van der Waals surface area contributed by atoms with E-state index in [4.69, 9.17) is 0 Å². The lowest BCUT2D eigenvalue weighted by Gasteiger charge is -2.20. The molecule has 0 radical (unpaired) electrons. The summed E-state index contributed by atoms with van der Waals surface area (Å²) >= 11 is 0. The Bertz CT molecular complexity index is 816. The zero-order chi connectivity index (χ0) is 21.3. The van der Waals surface area contributed by atoms with E-state index in [0.29, 0.717) is 18.6 Å². The van der Waals surface area contributed by atoms with E-state index in [-0.39, 0.29) is 24.1 Å². The molecule has 28 heavy (non-hydrogen) atoms. The van der Waals surface area contributed by atoms with Crippen molar-refractivity contribution in [2.75, 3.05) is 0 Å². The Morgan fingerprint density at radius 1 is 0.750 bits per heavy atom. The van der Waals surface area contributed by atoms with E-state index in [1.54, 1.807) is 6.92 Å². The maximum absolute atomic E-state index is 14.2. The highest BCUT2D eigenvalue weighted by Gasteiger charge is 2.42. The minimum Gasteiger partial charge on any atom is -0.429 e. The topological polar surface area (TPSA) is 18.5 Å². The fourth-order valence-corrected chi connectivity index (χ4v) is 2.34. The molecule has 0 spiro atoms. The lowest BCUT2D eigenvalue weighted by molar-refractivity contribution is -0.276. The summed E-state index contributed by atoms with van der Waals surface area (Å²) in [6, 6.07) is 1.22. The van der Waals surface area contributed by atoms with Crippen LogP contribution in [-0.2, 0) is 12.5 Å². The summed E-state index contributed by atoms with van der Waals surface area (Å²) in [5.74, 6) is -10.6. The number of benzene rings is 2. The fourth-order valence-electron chi connectivity index (χ4n) is 2.34. The number of rotatable bonds is 6. The molecule has 2 aromatic rings. The third-order valence-electron chi connectivity index (χ3n) is 3.37. The molecule has 154 valence electrons. The van der Waals surface area contributed by atoms with Crippen molar-refractivity contribution in [3.8, 4) is 11.5 Å². The number of hydrogen-bond acceptors (Lipinski definition) is 2. The molecule has 0 aliphatic rings. The summed E-state index contributed by atoms with van der Waals surface area (Å²) in [4.78, 5) is 0. The second-order valence-corrected chi connectivity index (χ2v) is 5.57. The van der Waals surface area contributed by atoms with Gasteiger partial charge in [-0.1, -0.05) is 13.3 Å². The summed E-state index contributed by atoms with van der Waals surface area (Å²) in [7, 11) is 0. The van der Waals surface area contributed by atoms with Crippen molar-refractivity contribution < 1.29 is 49.0 Å². The third-order valence-corrected chi connectivity index (χ3v) is 3.37. The summed E-state index contributed by atoms with van der Waals surface area (Å²) in [5.41, 5.74) is -1.72. The average molecular weight is 418 g/mol.